The maximum absolute atomic E-state index is 12.5. The average Bonchev–Trinajstić information content (AvgIpc) is 3.39. The van der Waals surface area contributed by atoms with Crippen LogP contribution in [0, 0.1) is 0 Å². The van der Waals surface area contributed by atoms with Crippen LogP contribution in [0.4, 0.5) is 22.9 Å². The normalized spacial score (nSPS) is 16.5. The summed E-state index contributed by atoms with van der Waals surface area (Å²) in [6, 6.07) is 18.9. The average molecular weight is 536 g/mol. The van der Waals surface area contributed by atoms with Crippen molar-refractivity contribution in [1.82, 2.24) is 9.97 Å². The Bertz CT molecular complexity index is 1580. The Hall–Kier alpha value is -4.76. The molecule has 0 spiro atoms. The predicted octanol–water partition coefficient (Wildman–Crippen LogP) is 5.01. The van der Waals surface area contributed by atoms with Crippen LogP contribution < -0.4 is 20.3 Å². The highest BCUT2D eigenvalue weighted by molar-refractivity contribution is 5.96. The number of amides is 2. The molecule has 4 heterocycles. The van der Waals surface area contributed by atoms with Crippen molar-refractivity contribution in [2.24, 2.45) is 0 Å². The van der Waals surface area contributed by atoms with Crippen LogP contribution in [0.2, 0.25) is 0 Å². The Morgan fingerprint density at radius 1 is 1.07 bits per heavy atom. The van der Waals surface area contributed by atoms with Gasteiger partial charge < -0.3 is 25.4 Å². The molecule has 2 aromatic carbocycles. The highest BCUT2D eigenvalue weighted by Crippen LogP contribution is 2.44. The lowest BCUT2D eigenvalue weighted by Crippen LogP contribution is -2.29. The minimum absolute atomic E-state index is 0.142. The van der Waals surface area contributed by atoms with Crippen LogP contribution in [-0.4, -0.2) is 39.5 Å². The highest BCUT2D eigenvalue weighted by Gasteiger charge is 2.27. The third-order valence-corrected chi connectivity index (χ3v) is 7.17. The van der Waals surface area contributed by atoms with Crippen molar-refractivity contribution in [1.29, 1.82) is 0 Å². The smallest absolute Gasteiger partial charge is 0.253 e. The lowest BCUT2D eigenvalue weighted by atomic mass is 9.94. The molecule has 3 N–H and O–H groups in total. The Kier molecular flexibility index (Phi) is 6.88. The fourth-order valence-corrected chi connectivity index (χ4v) is 5.15. The zero-order chi connectivity index (χ0) is 27.6. The SMILES string of the molecule is CC1Oc2cc(N3CCCC3=O)ccc2-c2cnc(Nc3cncc(NC(=O)C(O)Cc4ccccc4)c3)cc21. The molecule has 9 heteroatoms. The second-order valence-electron chi connectivity index (χ2n) is 10.0. The minimum atomic E-state index is -1.18. The number of hydrogen-bond donors (Lipinski definition) is 3. The third-order valence-electron chi connectivity index (χ3n) is 7.17. The number of fused-ring (bicyclic) bond motifs is 3. The summed E-state index contributed by atoms with van der Waals surface area (Å²) in [4.78, 5) is 35.4. The molecule has 2 atom stereocenters. The van der Waals surface area contributed by atoms with Crippen LogP contribution in [0.1, 0.15) is 37.0 Å². The molecule has 2 amide bonds. The van der Waals surface area contributed by atoms with E-state index in [1.165, 1.54) is 6.20 Å². The fourth-order valence-electron chi connectivity index (χ4n) is 5.15. The summed E-state index contributed by atoms with van der Waals surface area (Å²) < 4.78 is 6.25. The van der Waals surface area contributed by atoms with Gasteiger partial charge in [0.05, 0.1) is 23.8 Å². The number of benzene rings is 2. The molecule has 1 saturated heterocycles. The summed E-state index contributed by atoms with van der Waals surface area (Å²) in [7, 11) is 0. The van der Waals surface area contributed by atoms with E-state index < -0.39 is 12.0 Å². The van der Waals surface area contributed by atoms with Crippen LogP contribution in [0.15, 0.2) is 79.3 Å². The van der Waals surface area contributed by atoms with Crippen molar-refractivity contribution in [2.45, 2.75) is 38.4 Å². The molecule has 6 rings (SSSR count). The molecule has 4 aromatic rings. The van der Waals surface area contributed by atoms with Crippen molar-refractivity contribution in [3.63, 3.8) is 0 Å². The fraction of sp³-hybridized carbons (Fsp3) is 0.226. The number of aliphatic hydroxyl groups is 1. The molecule has 40 heavy (non-hydrogen) atoms. The first-order chi connectivity index (χ1) is 19.4. The van der Waals surface area contributed by atoms with Gasteiger partial charge in [-0.3, -0.25) is 14.6 Å². The maximum atomic E-state index is 12.5. The monoisotopic (exact) mass is 535 g/mol. The quantitative estimate of drug-likeness (QED) is 0.305. The van der Waals surface area contributed by atoms with E-state index >= 15 is 0 Å². The Morgan fingerprint density at radius 2 is 1.90 bits per heavy atom. The number of nitrogens with one attached hydrogen (secondary N) is 2. The van der Waals surface area contributed by atoms with Gasteiger partial charge in [-0.15, -0.1) is 0 Å². The van der Waals surface area contributed by atoms with E-state index in [0.717, 1.165) is 46.7 Å². The number of nitrogens with zero attached hydrogens (tertiary/aromatic N) is 3. The summed E-state index contributed by atoms with van der Waals surface area (Å²) in [6.45, 7) is 2.71. The maximum Gasteiger partial charge on any atom is 0.253 e. The van der Waals surface area contributed by atoms with Crippen molar-refractivity contribution >= 4 is 34.7 Å². The van der Waals surface area contributed by atoms with Gasteiger partial charge in [-0.2, -0.15) is 0 Å². The summed E-state index contributed by atoms with van der Waals surface area (Å²) in [5, 5.41) is 16.3. The van der Waals surface area contributed by atoms with Crippen molar-refractivity contribution in [3.05, 3.63) is 90.4 Å². The van der Waals surface area contributed by atoms with Crippen LogP contribution in [0.25, 0.3) is 11.1 Å². The van der Waals surface area contributed by atoms with E-state index in [9.17, 15) is 14.7 Å². The number of rotatable bonds is 7. The number of aromatic nitrogens is 2. The van der Waals surface area contributed by atoms with Crippen molar-refractivity contribution in [3.8, 4) is 16.9 Å². The minimum Gasteiger partial charge on any atom is -0.485 e. The van der Waals surface area contributed by atoms with Gasteiger partial charge in [0.1, 0.15) is 23.8 Å². The molecule has 9 nitrogen and oxygen atoms in total. The number of pyridine rings is 2. The van der Waals surface area contributed by atoms with Gasteiger partial charge in [0.15, 0.2) is 0 Å². The molecular formula is C31H29N5O4. The second kappa shape index (κ2) is 10.8. The largest absolute Gasteiger partial charge is 0.485 e. The molecule has 2 aliphatic heterocycles. The van der Waals surface area contributed by atoms with E-state index in [-0.39, 0.29) is 18.4 Å². The first-order valence-corrected chi connectivity index (χ1v) is 13.3. The van der Waals surface area contributed by atoms with E-state index in [2.05, 4.69) is 20.6 Å². The lowest BCUT2D eigenvalue weighted by Gasteiger charge is -2.28. The molecule has 2 unspecified atom stereocenters. The van der Waals surface area contributed by atoms with Crippen molar-refractivity contribution < 1.29 is 19.4 Å². The number of ether oxygens (including phenoxy) is 1. The molecule has 1 fully saturated rings. The van der Waals surface area contributed by atoms with Crippen LogP contribution in [-0.2, 0) is 16.0 Å². The summed E-state index contributed by atoms with van der Waals surface area (Å²) in [6.07, 6.45) is 5.24. The van der Waals surface area contributed by atoms with Gasteiger partial charge >= 0.3 is 0 Å². The molecule has 2 aliphatic rings. The zero-order valence-electron chi connectivity index (χ0n) is 22.0. The first kappa shape index (κ1) is 25.5. The highest BCUT2D eigenvalue weighted by atomic mass is 16.5. The molecule has 0 aliphatic carbocycles. The van der Waals surface area contributed by atoms with Gasteiger partial charge in [0.2, 0.25) is 5.91 Å². The number of carbonyl (C=O) groups is 2. The summed E-state index contributed by atoms with van der Waals surface area (Å²) >= 11 is 0. The van der Waals surface area contributed by atoms with Gasteiger partial charge in [-0.1, -0.05) is 30.3 Å². The van der Waals surface area contributed by atoms with E-state index in [4.69, 9.17) is 4.74 Å². The van der Waals surface area contributed by atoms with Crippen molar-refractivity contribution in [2.75, 3.05) is 22.1 Å². The Morgan fingerprint density at radius 3 is 2.70 bits per heavy atom. The topological polar surface area (TPSA) is 117 Å². The molecule has 2 aromatic heterocycles. The van der Waals surface area contributed by atoms with Crippen LogP contribution in [0.5, 0.6) is 5.75 Å². The van der Waals surface area contributed by atoms with E-state index in [1.807, 2.05) is 72.6 Å². The van der Waals surface area contributed by atoms with Crippen LogP contribution in [0.3, 0.4) is 0 Å². The molecule has 0 bridgehead atoms. The van der Waals surface area contributed by atoms with E-state index in [1.54, 1.807) is 12.3 Å². The zero-order valence-corrected chi connectivity index (χ0v) is 22.0. The molecule has 0 saturated carbocycles. The Labute approximate surface area is 231 Å². The van der Waals surface area contributed by atoms with E-state index in [0.29, 0.717) is 23.6 Å². The molecule has 202 valence electrons. The number of aliphatic hydroxyl groups excluding tert-OH is 1. The lowest BCUT2D eigenvalue weighted by molar-refractivity contribution is -0.124. The first-order valence-electron chi connectivity index (χ1n) is 13.3. The van der Waals surface area contributed by atoms with Crippen LogP contribution >= 0.6 is 0 Å². The van der Waals surface area contributed by atoms with Gasteiger partial charge in [-0.05, 0) is 43.2 Å². The van der Waals surface area contributed by atoms with Gasteiger partial charge in [0, 0.05) is 54.0 Å². The van der Waals surface area contributed by atoms with Gasteiger partial charge in [-0.25, -0.2) is 4.98 Å². The number of carbonyl (C=O) groups excluding carboxylic acids is 2. The summed E-state index contributed by atoms with van der Waals surface area (Å²) in [5.74, 6) is 0.979. The number of hydrogen-bond acceptors (Lipinski definition) is 7. The second-order valence-corrected chi connectivity index (χ2v) is 10.0. The summed E-state index contributed by atoms with van der Waals surface area (Å²) in [5.41, 5.74) is 5.71. The standard InChI is InChI=1S/C31H29N5O4/c1-19-25-15-29(33-18-26(25)24-10-9-23(14-28(24)40-19)36-11-5-8-30(36)38)34-21-13-22(17-32-16-21)35-31(39)27(37)12-20-6-3-2-4-7-20/h2-4,6-7,9-10,13-19,27,37H,5,8,11-12H2,1H3,(H,33,34)(H,35,39). The number of anilines is 4. The van der Waals surface area contributed by atoms with Gasteiger partial charge in [0.25, 0.3) is 5.91 Å². The molecular weight excluding hydrogens is 506 g/mol. The Balaban J connectivity index is 1.16. The third kappa shape index (κ3) is 5.23. The molecule has 0 radical (unpaired) electrons. The predicted molar refractivity (Wildman–Crippen MR) is 153 cm³/mol.